The van der Waals surface area contributed by atoms with Crippen LogP contribution < -0.4 is 10.6 Å². The Labute approximate surface area is 201 Å². The van der Waals surface area contributed by atoms with E-state index in [-0.39, 0.29) is 0 Å². The van der Waals surface area contributed by atoms with Crippen molar-refractivity contribution in [1.29, 1.82) is 0 Å². The molecule has 182 valence electrons. The Hall–Kier alpha value is -2.46. The summed E-state index contributed by atoms with van der Waals surface area (Å²) >= 11 is 1.77. The Balaban J connectivity index is 1.21. The minimum Gasteiger partial charge on any atom is -0.383 e. The van der Waals surface area contributed by atoms with E-state index in [1.165, 1.54) is 22.9 Å². The fraction of sp³-hybridized carbons (Fsp3) is 0.542. The van der Waals surface area contributed by atoms with Gasteiger partial charge in [0.05, 0.1) is 10.9 Å². The Kier molecular flexibility index (Phi) is 6.37. The van der Waals surface area contributed by atoms with E-state index in [1.807, 2.05) is 0 Å². The van der Waals surface area contributed by atoms with Crippen LogP contribution in [0.15, 0.2) is 18.3 Å². The smallest absolute Gasteiger partial charge is 0.383 e. The van der Waals surface area contributed by atoms with Gasteiger partial charge in [-0.25, -0.2) is 15.0 Å². The molecule has 6 nitrogen and oxygen atoms in total. The SMILES string of the molecule is CC1CCc2c(sc3nc(CCN4CCCN(c5ccc(C(F)(F)F)cn5)CC4)nc(N)c23)C1. The zero-order valence-electron chi connectivity index (χ0n) is 19.2. The number of anilines is 2. The number of thiophene rings is 1. The van der Waals surface area contributed by atoms with Crippen LogP contribution in [0.25, 0.3) is 10.2 Å². The van der Waals surface area contributed by atoms with Crippen molar-refractivity contribution in [1.82, 2.24) is 19.9 Å². The lowest BCUT2D eigenvalue weighted by Gasteiger charge is -2.23. The van der Waals surface area contributed by atoms with Gasteiger partial charge in [0.25, 0.3) is 0 Å². The maximum Gasteiger partial charge on any atom is 0.417 e. The quantitative estimate of drug-likeness (QED) is 0.578. The van der Waals surface area contributed by atoms with Crippen LogP contribution in [0.5, 0.6) is 0 Å². The number of hydrogen-bond donors (Lipinski definition) is 1. The molecular formula is C24H29F3N6S. The third-order valence-electron chi connectivity index (χ3n) is 6.87. The fourth-order valence-corrected chi connectivity index (χ4v) is 6.36. The van der Waals surface area contributed by atoms with Crippen LogP contribution in [0, 0.1) is 5.92 Å². The number of alkyl halides is 3. The van der Waals surface area contributed by atoms with Gasteiger partial charge in [0, 0.05) is 43.7 Å². The molecule has 3 aromatic rings. The second-order valence-corrected chi connectivity index (χ2v) is 10.5. The number of nitrogens with two attached hydrogens (primary N) is 1. The Morgan fingerprint density at radius 3 is 2.76 bits per heavy atom. The molecule has 0 aromatic carbocycles. The van der Waals surface area contributed by atoms with Crippen molar-refractivity contribution in [3.63, 3.8) is 0 Å². The zero-order chi connectivity index (χ0) is 23.9. The molecule has 0 spiro atoms. The summed E-state index contributed by atoms with van der Waals surface area (Å²) in [5.74, 6) is 2.67. The Bertz CT molecular complexity index is 1160. The summed E-state index contributed by atoms with van der Waals surface area (Å²) in [6.07, 6.45) is 1.53. The second-order valence-electron chi connectivity index (χ2n) is 9.39. The Morgan fingerprint density at radius 1 is 1.15 bits per heavy atom. The Morgan fingerprint density at radius 2 is 2.00 bits per heavy atom. The van der Waals surface area contributed by atoms with Crippen LogP contribution in [0.2, 0.25) is 0 Å². The van der Waals surface area contributed by atoms with Gasteiger partial charge in [0.15, 0.2) is 0 Å². The van der Waals surface area contributed by atoms with E-state index in [0.29, 0.717) is 17.6 Å². The summed E-state index contributed by atoms with van der Waals surface area (Å²) in [4.78, 5) is 20.4. The molecule has 4 heterocycles. The number of pyridine rings is 1. The first kappa shape index (κ1) is 23.3. The highest BCUT2D eigenvalue weighted by Gasteiger charge is 2.31. The number of aryl methyl sites for hydroxylation is 1. The maximum atomic E-state index is 12.8. The highest BCUT2D eigenvalue weighted by molar-refractivity contribution is 7.19. The molecule has 0 radical (unpaired) electrons. The van der Waals surface area contributed by atoms with Gasteiger partial charge in [0.1, 0.15) is 22.3 Å². The first-order chi connectivity index (χ1) is 16.3. The van der Waals surface area contributed by atoms with Gasteiger partial charge in [0.2, 0.25) is 0 Å². The number of fused-ring (bicyclic) bond motifs is 3. The third-order valence-corrected chi connectivity index (χ3v) is 8.02. The summed E-state index contributed by atoms with van der Waals surface area (Å²) in [7, 11) is 0. The molecule has 1 atom stereocenters. The molecule has 1 saturated heterocycles. The summed E-state index contributed by atoms with van der Waals surface area (Å²) in [5.41, 5.74) is 7.01. The second kappa shape index (κ2) is 9.30. The summed E-state index contributed by atoms with van der Waals surface area (Å²) in [6, 6.07) is 2.57. The van der Waals surface area contributed by atoms with E-state index >= 15 is 0 Å². The minimum absolute atomic E-state index is 0.590. The molecule has 1 aliphatic carbocycles. The summed E-state index contributed by atoms with van der Waals surface area (Å²) in [6.45, 7) is 6.33. The van der Waals surface area contributed by atoms with Crippen LogP contribution in [0.4, 0.5) is 24.8 Å². The topological polar surface area (TPSA) is 71.2 Å². The van der Waals surface area contributed by atoms with Crippen molar-refractivity contribution < 1.29 is 13.2 Å². The molecule has 10 heteroatoms. The van der Waals surface area contributed by atoms with Gasteiger partial charge in [-0.1, -0.05) is 6.92 Å². The van der Waals surface area contributed by atoms with Gasteiger partial charge in [-0.2, -0.15) is 13.2 Å². The summed E-state index contributed by atoms with van der Waals surface area (Å²) < 4.78 is 38.4. The molecule has 1 fully saturated rings. The van der Waals surface area contributed by atoms with E-state index < -0.39 is 11.7 Å². The van der Waals surface area contributed by atoms with Gasteiger partial charge in [-0.3, -0.25) is 0 Å². The minimum atomic E-state index is -4.36. The molecule has 2 N–H and O–H groups in total. The summed E-state index contributed by atoms with van der Waals surface area (Å²) in [5, 5.41) is 1.06. The fourth-order valence-electron chi connectivity index (χ4n) is 4.95. The number of rotatable bonds is 4. The van der Waals surface area contributed by atoms with Crippen molar-refractivity contribution in [2.45, 2.75) is 45.2 Å². The van der Waals surface area contributed by atoms with Crippen LogP contribution in [0.1, 0.15) is 41.6 Å². The normalized spacial score (nSPS) is 19.9. The molecule has 1 unspecified atom stereocenters. The van der Waals surface area contributed by atoms with Crippen molar-refractivity contribution in [3.05, 3.63) is 40.2 Å². The highest BCUT2D eigenvalue weighted by atomic mass is 32.1. The number of aromatic nitrogens is 3. The maximum absolute atomic E-state index is 12.8. The monoisotopic (exact) mass is 490 g/mol. The first-order valence-corrected chi connectivity index (χ1v) is 12.7. The van der Waals surface area contributed by atoms with E-state index in [0.717, 1.165) is 86.7 Å². The standard InChI is InChI=1S/C24H29F3N6S/c1-15-3-5-17-18(13-15)34-23-21(17)22(28)30-19(31-23)7-10-32-8-2-9-33(12-11-32)20-6-4-16(14-29-20)24(25,26)27/h4,6,14-15H,2-3,5,7-13H2,1H3,(H2,28,30,31). The van der Waals surface area contributed by atoms with Crippen molar-refractivity contribution in [2.75, 3.05) is 43.4 Å². The van der Waals surface area contributed by atoms with Crippen molar-refractivity contribution in [2.24, 2.45) is 5.92 Å². The van der Waals surface area contributed by atoms with Gasteiger partial charge in [-0.15, -0.1) is 11.3 Å². The number of halogens is 3. The molecule has 0 saturated carbocycles. The predicted molar refractivity (Wildman–Crippen MR) is 129 cm³/mol. The predicted octanol–water partition coefficient (Wildman–Crippen LogP) is 4.57. The molecule has 0 bridgehead atoms. The van der Waals surface area contributed by atoms with Crippen LogP contribution in [0.3, 0.4) is 0 Å². The number of hydrogen-bond acceptors (Lipinski definition) is 7. The average Bonchev–Trinajstić information content (AvgIpc) is 2.99. The number of nitrogen functional groups attached to an aromatic ring is 1. The van der Waals surface area contributed by atoms with Crippen molar-refractivity contribution in [3.8, 4) is 0 Å². The molecular weight excluding hydrogens is 461 g/mol. The van der Waals surface area contributed by atoms with Gasteiger partial charge >= 0.3 is 6.18 Å². The van der Waals surface area contributed by atoms with Crippen LogP contribution >= 0.6 is 11.3 Å². The average molecular weight is 491 g/mol. The number of nitrogens with zero attached hydrogens (tertiary/aromatic N) is 5. The molecule has 34 heavy (non-hydrogen) atoms. The van der Waals surface area contributed by atoms with E-state index in [9.17, 15) is 13.2 Å². The lowest BCUT2D eigenvalue weighted by atomic mass is 9.89. The first-order valence-electron chi connectivity index (χ1n) is 11.8. The third kappa shape index (κ3) is 4.84. The lowest BCUT2D eigenvalue weighted by Crippen LogP contribution is -2.32. The van der Waals surface area contributed by atoms with Gasteiger partial charge < -0.3 is 15.5 Å². The van der Waals surface area contributed by atoms with Gasteiger partial charge in [-0.05, 0) is 55.8 Å². The van der Waals surface area contributed by atoms with Crippen molar-refractivity contribution >= 4 is 33.2 Å². The molecule has 3 aromatic heterocycles. The molecule has 2 aliphatic rings. The highest BCUT2D eigenvalue weighted by Crippen LogP contribution is 2.39. The molecule has 1 aliphatic heterocycles. The zero-order valence-corrected chi connectivity index (χ0v) is 20.1. The molecule has 5 rings (SSSR count). The van der Waals surface area contributed by atoms with E-state index in [1.54, 1.807) is 11.3 Å². The largest absolute Gasteiger partial charge is 0.417 e. The lowest BCUT2D eigenvalue weighted by molar-refractivity contribution is -0.137. The van der Waals surface area contributed by atoms with E-state index in [4.69, 9.17) is 10.7 Å². The van der Waals surface area contributed by atoms with Crippen LogP contribution in [-0.2, 0) is 25.4 Å². The molecule has 0 amide bonds. The van der Waals surface area contributed by atoms with Crippen LogP contribution in [-0.4, -0.2) is 52.6 Å². The van der Waals surface area contributed by atoms with E-state index in [2.05, 4.69) is 26.7 Å².